The van der Waals surface area contributed by atoms with E-state index in [-0.39, 0.29) is 28.6 Å². The van der Waals surface area contributed by atoms with Crippen molar-refractivity contribution in [2.45, 2.75) is 135 Å². The van der Waals surface area contributed by atoms with E-state index < -0.39 is 74.7 Å². The molecular formula is C46H64N8O7S. The number of carbonyl (C=O) groups excluding carboxylic acids is 5. The summed E-state index contributed by atoms with van der Waals surface area (Å²) in [5.74, 6) is -3.33. The summed E-state index contributed by atoms with van der Waals surface area (Å²) in [5, 5.41) is 13.5. The summed E-state index contributed by atoms with van der Waals surface area (Å²) >= 11 is 0. The van der Waals surface area contributed by atoms with E-state index in [0.29, 0.717) is 44.5 Å². The van der Waals surface area contributed by atoms with E-state index in [1.54, 1.807) is 21.9 Å². The van der Waals surface area contributed by atoms with Crippen LogP contribution >= 0.6 is 0 Å². The second kappa shape index (κ2) is 15.9. The van der Waals surface area contributed by atoms with E-state index in [9.17, 15) is 27.6 Å². The molecule has 1 aromatic carbocycles. The van der Waals surface area contributed by atoms with Crippen LogP contribution in [0.2, 0.25) is 0 Å². The Morgan fingerprint density at radius 2 is 1.58 bits per heavy atom. The van der Waals surface area contributed by atoms with Crippen LogP contribution in [-0.4, -0.2) is 100 Å². The summed E-state index contributed by atoms with van der Waals surface area (Å²) in [7, 11) is -4.12. The minimum atomic E-state index is -4.12. The maximum Gasteiger partial charge on any atom is 0.303 e. The van der Waals surface area contributed by atoms with Gasteiger partial charge < -0.3 is 20.9 Å². The zero-order valence-electron chi connectivity index (χ0n) is 36.9. The highest BCUT2D eigenvalue weighted by atomic mass is 32.2. The molecule has 62 heavy (non-hydrogen) atoms. The highest BCUT2D eigenvalue weighted by Crippen LogP contribution is 2.88. The molecule has 6 atom stereocenters. The Kier molecular flexibility index (Phi) is 11.3. The number of fused-ring (bicyclic) bond motifs is 1. The van der Waals surface area contributed by atoms with Crippen LogP contribution in [0.4, 0.5) is 0 Å². The lowest BCUT2D eigenvalue weighted by Crippen LogP contribution is -2.62. The fourth-order valence-corrected chi connectivity index (χ4v) is 13.2. The minimum Gasteiger partial charge on any atom is -0.342 e. The minimum absolute atomic E-state index is 0.0409. The molecule has 6 aliphatic rings. The standard InChI is InChI=1S/C46H64N8O7S/c1-7-32-25-46(32,41(59)51-62(60,61)52-23-14-15-24-52)50-38(56)34-26-45(43(5,6)44(45)21-16-22-44)29-53(34)40(58)36(42(2,3)4)49-39(57)35(30-17-10-8-11-18-30)48-37(55)31-27-47-54(28-31)33-19-12-9-13-20-33/h7,9,12-13,19-20,27-28,30,32,34-36H,1,8,10-11,14-18,21-26,29H2,2-6H3,(H,48,55)(H,49,57)(H,50,56)(H,51,59)/t32-,34+,35+,36-,45-,46-/m1/s1. The molecule has 8 rings (SSSR count). The third kappa shape index (κ3) is 7.35. The number of benzene rings is 1. The highest BCUT2D eigenvalue weighted by molar-refractivity contribution is 7.87. The number of rotatable bonds is 13. The van der Waals surface area contributed by atoms with Gasteiger partial charge in [-0.3, -0.25) is 24.0 Å². The summed E-state index contributed by atoms with van der Waals surface area (Å²) in [6.07, 6.45) is 14.0. The Bertz CT molecular complexity index is 2220. The Hall–Kier alpha value is -4.57. The second-order valence-electron chi connectivity index (χ2n) is 20.5. The van der Waals surface area contributed by atoms with Crippen LogP contribution < -0.4 is 20.7 Å². The molecule has 2 aliphatic heterocycles. The quantitative estimate of drug-likeness (QED) is 0.213. The number of nitrogens with zero attached hydrogens (tertiary/aromatic N) is 4. The van der Waals surface area contributed by atoms with Gasteiger partial charge >= 0.3 is 10.2 Å². The number of carbonyl (C=O) groups is 5. The number of hydrogen-bond acceptors (Lipinski definition) is 8. The number of likely N-dealkylation sites (tertiary alicyclic amines) is 1. The molecule has 4 N–H and O–H groups in total. The van der Waals surface area contributed by atoms with Crippen LogP contribution in [0.1, 0.15) is 122 Å². The fraction of sp³-hybridized carbons (Fsp3) is 0.652. The van der Waals surface area contributed by atoms with Gasteiger partial charge in [0.15, 0.2) is 0 Å². The smallest absolute Gasteiger partial charge is 0.303 e. The molecule has 3 heterocycles. The normalized spacial score (nSPS) is 28.7. The van der Waals surface area contributed by atoms with Crippen LogP contribution in [-0.2, 0) is 29.4 Å². The Balaban J connectivity index is 1.05. The van der Waals surface area contributed by atoms with Gasteiger partial charge in [0.25, 0.3) is 11.8 Å². The topological polar surface area (TPSA) is 192 Å². The average Bonchev–Trinajstić information content (AvgIpc) is 3.63. The van der Waals surface area contributed by atoms with Gasteiger partial charge in [0.1, 0.15) is 23.7 Å². The zero-order chi connectivity index (χ0) is 44.5. The zero-order valence-corrected chi connectivity index (χ0v) is 37.7. The number of para-hydroxylation sites is 1. The number of amides is 5. The van der Waals surface area contributed by atoms with Gasteiger partial charge in [0.05, 0.1) is 17.4 Å². The van der Waals surface area contributed by atoms with Gasteiger partial charge in [-0.1, -0.05) is 84.6 Å². The lowest BCUT2D eigenvalue weighted by molar-refractivity contribution is -0.145. The maximum absolute atomic E-state index is 15.3. The molecule has 2 spiro atoms. The van der Waals surface area contributed by atoms with E-state index in [4.69, 9.17) is 0 Å². The van der Waals surface area contributed by atoms with E-state index in [1.165, 1.54) is 10.5 Å². The van der Waals surface area contributed by atoms with Crippen molar-refractivity contribution in [1.29, 1.82) is 0 Å². The Morgan fingerprint density at radius 3 is 2.16 bits per heavy atom. The van der Waals surface area contributed by atoms with E-state index in [2.05, 4.69) is 46.2 Å². The molecule has 0 radical (unpaired) electrons. The first kappa shape index (κ1) is 44.1. The van der Waals surface area contributed by atoms with Crippen molar-refractivity contribution >= 4 is 39.7 Å². The van der Waals surface area contributed by atoms with Crippen LogP contribution in [0, 0.1) is 33.5 Å². The van der Waals surface area contributed by atoms with Gasteiger partial charge in [-0.15, -0.1) is 6.58 Å². The molecule has 336 valence electrons. The molecule has 0 bridgehead atoms. The van der Waals surface area contributed by atoms with E-state index in [0.717, 1.165) is 57.1 Å². The van der Waals surface area contributed by atoms with Crippen LogP contribution in [0.15, 0.2) is 55.4 Å². The molecule has 4 aliphatic carbocycles. The summed E-state index contributed by atoms with van der Waals surface area (Å²) in [5.41, 5.74) is -1.84. The second-order valence-corrected chi connectivity index (χ2v) is 22.2. The van der Waals surface area contributed by atoms with Crippen molar-refractivity contribution in [1.82, 2.24) is 39.7 Å². The molecule has 0 unspecified atom stereocenters. The van der Waals surface area contributed by atoms with Crippen LogP contribution in [0.25, 0.3) is 5.69 Å². The first-order valence-electron chi connectivity index (χ1n) is 22.6. The van der Waals surface area contributed by atoms with Gasteiger partial charge in [-0.05, 0) is 85.7 Å². The van der Waals surface area contributed by atoms with Gasteiger partial charge in [-0.2, -0.15) is 17.8 Å². The molecule has 2 aromatic rings. The third-order valence-electron chi connectivity index (χ3n) is 16.0. The SMILES string of the molecule is C=C[C@@H]1C[C@]1(NC(=O)[C@@H]1C[C@@]2(CN1C(=O)[C@@H](NC(=O)[C@@H](NC(=O)c1cnn(-c3ccccc3)c1)C1CCCCC1)C(C)(C)C)C(C)(C)C21CCC1)C(=O)NS(=O)(=O)N1CCCC1. The third-order valence-corrected chi connectivity index (χ3v) is 17.5. The summed E-state index contributed by atoms with van der Waals surface area (Å²) in [4.78, 5) is 74.1. The average molecular weight is 873 g/mol. The Morgan fingerprint density at radius 1 is 0.903 bits per heavy atom. The van der Waals surface area contributed by atoms with Crippen molar-refractivity contribution < 1.29 is 32.4 Å². The molecule has 16 heteroatoms. The van der Waals surface area contributed by atoms with Crippen LogP contribution in [0.5, 0.6) is 0 Å². The molecular weight excluding hydrogens is 809 g/mol. The largest absolute Gasteiger partial charge is 0.342 e. The summed E-state index contributed by atoms with van der Waals surface area (Å²) < 4.78 is 31.5. The van der Waals surface area contributed by atoms with E-state index in [1.807, 2.05) is 51.1 Å². The van der Waals surface area contributed by atoms with Crippen molar-refractivity contribution in [3.05, 3.63) is 60.9 Å². The van der Waals surface area contributed by atoms with E-state index >= 15 is 4.79 Å². The number of nitrogens with one attached hydrogen (secondary N) is 4. The van der Waals surface area contributed by atoms with Gasteiger partial charge in [0, 0.05) is 37.2 Å². The molecule has 2 saturated heterocycles. The molecule has 5 amide bonds. The Labute approximate surface area is 365 Å². The van der Waals surface area contributed by atoms with Crippen LogP contribution in [0.3, 0.4) is 0 Å². The number of hydrogen-bond donors (Lipinski definition) is 4. The first-order valence-corrected chi connectivity index (χ1v) is 24.0. The molecule has 6 fully saturated rings. The first-order chi connectivity index (χ1) is 29.3. The fourth-order valence-electron chi connectivity index (χ4n) is 11.9. The highest BCUT2D eigenvalue weighted by Gasteiger charge is 2.85. The summed E-state index contributed by atoms with van der Waals surface area (Å²) in [6.45, 7) is 14.8. The maximum atomic E-state index is 15.3. The predicted molar refractivity (Wildman–Crippen MR) is 232 cm³/mol. The molecule has 1 aromatic heterocycles. The van der Waals surface area contributed by atoms with Crippen molar-refractivity contribution in [2.24, 2.45) is 33.5 Å². The van der Waals surface area contributed by atoms with Gasteiger partial charge in [-0.25, -0.2) is 9.40 Å². The molecule has 4 saturated carbocycles. The van der Waals surface area contributed by atoms with Gasteiger partial charge in [0.2, 0.25) is 17.7 Å². The number of aromatic nitrogens is 2. The summed E-state index contributed by atoms with van der Waals surface area (Å²) in [6, 6.07) is 6.44. The monoisotopic (exact) mass is 872 g/mol. The predicted octanol–water partition coefficient (Wildman–Crippen LogP) is 4.40. The lowest BCUT2D eigenvalue weighted by Gasteiger charge is -2.38. The molecule has 15 nitrogen and oxygen atoms in total. The van der Waals surface area contributed by atoms with Crippen molar-refractivity contribution in [3.8, 4) is 5.69 Å². The van der Waals surface area contributed by atoms with Crippen molar-refractivity contribution in [3.63, 3.8) is 0 Å². The lowest BCUT2D eigenvalue weighted by atomic mass is 9.73. The van der Waals surface area contributed by atoms with Crippen molar-refractivity contribution in [2.75, 3.05) is 19.6 Å².